The van der Waals surface area contributed by atoms with E-state index in [1.807, 2.05) is 42.0 Å². The number of hydrogen-bond donors (Lipinski definition) is 0. The van der Waals surface area contributed by atoms with Gasteiger partial charge in [0, 0.05) is 23.8 Å². The van der Waals surface area contributed by atoms with Crippen molar-refractivity contribution in [3.63, 3.8) is 0 Å². The predicted molar refractivity (Wildman–Crippen MR) is 91.6 cm³/mol. The number of aryl methyl sites for hydroxylation is 1. The molecular formula is C19H19FN4. The summed E-state index contributed by atoms with van der Waals surface area (Å²) < 4.78 is 16.4. The van der Waals surface area contributed by atoms with Gasteiger partial charge in [0.1, 0.15) is 5.82 Å². The molecule has 4 heterocycles. The van der Waals surface area contributed by atoms with Crippen LogP contribution in [0.2, 0.25) is 0 Å². The Kier molecular flexibility index (Phi) is 2.93. The van der Waals surface area contributed by atoms with Crippen LogP contribution in [0.1, 0.15) is 31.2 Å². The van der Waals surface area contributed by atoms with Gasteiger partial charge in [-0.05, 0) is 62.4 Å². The van der Waals surface area contributed by atoms with Crippen LogP contribution in [0, 0.1) is 12.7 Å². The Morgan fingerprint density at radius 1 is 1.21 bits per heavy atom. The zero-order chi connectivity index (χ0) is 16.3. The van der Waals surface area contributed by atoms with E-state index in [2.05, 4.69) is 15.0 Å². The standard InChI is InChI=1S/C19H19FN4/c1-12-8-17(20)18(24-13-4-2-5-14(24)9-13)10-16(12)19-21-11-15-6-3-7-23(15)22-19/h3,6-8,10-11,13-14H,2,4-5,9H2,1H3. The molecule has 4 nitrogen and oxygen atoms in total. The maximum atomic E-state index is 14.6. The molecule has 0 saturated carbocycles. The molecule has 1 aromatic carbocycles. The molecule has 2 fully saturated rings. The van der Waals surface area contributed by atoms with E-state index in [-0.39, 0.29) is 5.82 Å². The summed E-state index contributed by atoms with van der Waals surface area (Å²) in [5.41, 5.74) is 3.45. The van der Waals surface area contributed by atoms with Gasteiger partial charge < -0.3 is 4.90 Å². The molecule has 24 heavy (non-hydrogen) atoms. The third-order valence-corrected chi connectivity index (χ3v) is 5.50. The Bertz CT molecular complexity index is 918. The van der Waals surface area contributed by atoms with Gasteiger partial charge in [-0.25, -0.2) is 13.9 Å². The third-order valence-electron chi connectivity index (χ3n) is 5.50. The van der Waals surface area contributed by atoms with E-state index in [4.69, 9.17) is 0 Å². The van der Waals surface area contributed by atoms with Crippen molar-refractivity contribution in [1.29, 1.82) is 0 Å². The normalized spacial score (nSPS) is 22.7. The molecule has 2 aromatic heterocycles. The molecule has 0 amide bonds. The number of rotatable bonds is 2. The fraction of sp³-hybridized carbons (Fsp3) is 0.368. The summed E-state index contributed by atoms with van der Waals surface area (Å²) in [6.07, 6.45) is 8.52. The van der Waals surface area contributed by atoms with Crippen molar-refractivity contribution in [1.82, 2.24) is 14.6 Å². The minimum atomic E-state index is -0.130. The summed E-state index contributed by atoms with van der Waals surface area (Å²) in [6, 6.07) is 8.48. The second-order valence-corrected chi connectivity index (χ2v) is 6.96. The summed E-state index contributed by atoms with van der Waals surface area (Å²) >= 11 is 0. The summed E-state index contributed by atoms with van der Waals surface area (Å²) in [6.45, 7) is 1.92. The highest BCUT2D eigenvalue weighted by atomic mass is 19.1. The van der Waals surface area contributed by atoms with Gasteiger partial charge in [-0.2, -0.15) is 0 Å². The van der Waals surface area contributed by atoms with E-state index in [9.17, 15) is 4.39 Å². The average molecular weight is 322 g/mol. The predicted octanol–water partition coefficient (Wildman–Crippen LogP) is 3.98. The van der Waals surface area contributed by atoms with Gasteiger partial charge in [-0.3, -0.25) is 0 Å². The van der Waals surface area contributed by atoms with Gasteiger partial charge in [-0.1, -0.05) is 0 Å². The van der Waals surface area contributed by atoms with Crippen LogP contribution < -0.4 is 4.90 Å². The minimum Gasteiger partial charge on any atom is -0.363 e. The monoisotopic (exact) mass is 322 g/mol. The first kappa shape index (κ1) is 14.0. The molecule has 2 unspecified atom stereocenters. The lowest BCUT2D eigenvalue weighted by Crippen LogP contribution is -2.59. The van der Waals surface area contributed by atoms with Gasteiger partial charge in [0.05, 0.1) is 17.4 Å². The summed E-state index contributed by atoms with van der Waals surface area (Å²) in [5, 5.41) is 4.58. The van der Waals surface area contributed by atoms with Gasteiger partial charge in [-0.15, -0.1) is 5.10 Å². The largest absolute Gasteiger partial charge is 0.363 e. The number of nitrogens with zero attached hydrogens (tertiary/aromatic N) is 4. The van der Waals surface area contributed by atoms with Crippen molar-refractivity contribution >= 4 is 11.2 Å². The highest BCUT2D eigenvalue weighted by Gasteiger charge is 2.42. The van der Waals surface area contributed by atoms with Gasteiger partial charge in [0.15, 0.2) is 5.82 Å². The Balaban J connectivity index is 1.62. The third kappa shape index (κ3) is 1.97. The lowest BCUT2D eigenvalue weighted by molar-refractivity contribution is 0.241. The number of aromatic nitrogens is 3. The molecule has 122 valence electrons. The van der Waals surface area contributed by atoms with E-state index in [1.54, 1.807) is 6.07 Å². The van der Waals surface area contributed by atoms with Gasteiger partial charge in [0.2, 0.25) is 0 Å². The molecule has 5 heteroatoms. The Morgan fingerprint density at radius 3 is 2.83 bits per heavy atom. The lowest BCUT2D eigenvalue weighted by atomic mass is 9.79. The zero-order valence-electron chi connectivity index (χ0n) is 13.6. The second kappa shape index (κ2) is 5.03. The van der Waals surface area contributed by atoms with Crippen molar-refractivity contribution in [3.8, 4) is 11.4 Å². The van der Waals surface area contributed by atoms with Crippen molar-refractivity contribution in [2.75, 3.05) is 4.90 Å². The van der Waals surface area contributed by atoms with Crippen LogP contribution in [0.25, 0.3) is 16.9 Å². The first-order valence-electron chi connectivity index (χ1n) is 8.60. The van der Waals surface area contributed by atoms with Crippen molar-refractivity contribution < 1.29 is 4.39 Å². The van der Waals surface area contributed by atoms with Crippen LogP contribution in [0.15, 0.2) is 36.7 Å². The first-order valence-corrected chi connectivity index (χ1v) is 8.60. The molecule has 0 radical (unpaired) electrons. The van der Waals surface area contributed by atoms with Crippen molar-refractivity contribution in [3.05, 3.63) is 48.0 Å². The van der Waals surface area contributed by atoms with Crippen LogP contribution in [0.4, 0.5) is 10.1 Å². The van der Waals surface area contributed by atoms with E-state index >= 15 is 0 Å². The molecular weight excluding hydrogens is 303 g/mol. The van der Waals surface area contributed by atoms with Crippen molar-refractivity contribution in [2.45, 2.75) is 44.7 Å². The van der Waals surface area contributed by atoms with Gasteiger partial charge in [0.25, 0.3) is 0 Å². The smallest absolute Gasteiger partial charge is 0.180 e. The first-order chi connectivity index (χ1) is 11.7. The Hall–Kier alpha value is -2.43. The number of anilines is 1. The molecule has 2 saturated heterocycles. The molecule has 3 aromatic rings. The molecule has 2 atom stereocenters. The van der Waals surface area contributed by atoms with E-state index in [0.717, 1.165) is 16.6 Å². The molecule has 0 N–H and O–H groups in total. The molecule has 2 aliphatic heterocycles. The summed E-state index contributed by atoms with van der Waals surface area (Å²) in [7, 11) is 0. The average Bonchev–Trinajstić information content (AvgIpc) is 3.05. The molecule has 2 bridgehead atoms. The van der Waals surface area contributed by atoms with Crippen LogP contribution in [0.3, 0.4) is 0 Å². The highest BCUT2D eigenvalue weighted by Crippen LogP contribution is 2.43. The van der Waals surface area contributed by atoms with Crippen LogP contribution in [-0.4, -0.2) is 26.7 Å². The quantitative estimate of drug-likeness (QED) is 0.716. The van der Waals surface area contributed by atoms with Gasteiger partial charge >= 0.3 is 0 Å². The molecule has 5 rings (SSSR count). The number of benzene rings is 1. The van der Waals surface area contributed by atoms with E-state index in [0.29, 0.717) is 23.6 Å². The highest BCUT2D eigenvalue weighted by molar-refractivity contribution is 5.69. The zero-order valence-corrected chi connectivity index (χ0v) is 13.6. The summed E-state index contributed by atoms with van der Waals surface area (Å²) in [4.78, 5) is 6.76. The van der Waals surface area contributed by atoms with E-state index < -0.39 is 0 Å². The number of fused-ring (bicyclic) bond motifs is 3. The maximum Gasteiger partial charge on any atom is 0.180 e. The number of halogens is 1. The Labute approximate surface area is 139 Å². The number of piperidine rings is 1. The van der Waals surface area contributed by atoms with Crippen LogP contribution in [-0.2, 0) is 0 Å². The maximum absolute atomic E-state index is 14.6. The second-order valence-electron chi connectivity index (χ2n) is 6.96. The minimum absolute atomic E-state index is 0.130. The fourth-order valence-corrected chi connectivity index (χ4v) is 4.26. The summed E-state index contributed by atoms with van der Waals surface area (Å²) in [5.74, 6) is 0.512. The molecule has 0 aliphatic carbocycles. The lowest BCUT2D eigenvalue weighted by Gasteiger charge is -2.54. The number of hydrogen-bond acceptors (Lipinski definition) is 3. The topological polar surface area (TPSA) is 33.4 Å². The molecule has 2 aliphatic rings. The van der Waals surface area contributed by atoms with Crippen LogP contribution in [0.5, 0.6) is 0 Å². The SMILES string of the molecule is Cc1cc(F)c(N2C3CCCC2C3)cc1-c1ncc2cccn2n1. The van der Waals surface area contributed by atoms with Crippen LogP contribution >= 0.6 is 0 Å². The van der Waals surface area contributed by atoms with Crippen molar-refractivity contribution in [2.24, 2.45) is 0 Å². The molecule has 0 spiro atoms. The Morgan fingerprint density at radius 2 is 2.04 bits per heavy atom. The van der Waals surface area contributed by atoms with E-state index in [1.165, 1.54) is 25.7 Å². The fourth-order valence-electron chi connectivity index (χ4n) is 4.26.